The molecular formula is C12H16N4O. The average molecular weight is 232 g/mol. The van der Waals surface area contributed by atoms with E-state index in [9.17, 15) is 4.79 Å². The third-order valence-corrected chi connectivity index (χ3v) is 2.59. The number of unbranched alkanes of at least 4 members (excludes halogenated alkanes) is 1. The van der Waals surface area contributed by atoms with E-state index in [1.165, 1.54) is 6.07 Å². The Balaban J connectivity index is 2.29. The van der Waals surface area contributed by atoms with E-state index in [2.05, 4.69) is 17.0 Å². The molecule has 2 heterocycles. The molecule has 0 aliphatic carbocycles. The second kappa shape index (κ2) is 4.86. The summed E-state index contributed by atoms with van der Waals surface area (Å²) >= 11 is 0. The van der Waals surface area contributed by atoms with Crippen molar-refractivity contribution in [2.45, 2.75) is 26.2 Å². The molecule has 0 aromatic carbocycles. The molecule has 5 heteroatoms. The number of pyridine rings is 1. The summed E-state index contributed by atoms with van der Waals surface area (Å²) in [6, 6.07) is 5.04. The molecule has 90 valence electrons. The molecule has 0 atom stereocenters. The van der Waals surface area contributed by atoms with Crippen LogP contribution >= 0.6 is 0 Å². The predicted octanol–water partition coefficient (Wildman–Crippen LogP) is 1.49. The number of nitrogen functional groups attached to an aromatic ring is 1. The lowest BCUT2D eigenvalue weighted by Gasteiger charge is -2.02. The van der Waals surface area contributed by atoms with Crippen LogP contribution in [0.5, 0.6) is 0 Å². The first kappa shape index (κ1) is 11.4. The molecule has 0 bridgehead atoms. The monoisotopic (exact) mass is 232 g/mol. The Morgan fingerprint density at radius 1 is 1.47 bits per heavy atom. The van der Waals surface area contributed by atoms with Crippen molar-refractivity contribution >= 4 is 5.82 Å². The summed E-state index contributed by atoms with van der Waals surface area (Å²) in [4.78, 5) is 13.6. The highest BCUT2D eigenvalue weighted by Crippen LogP contribution is 2.14. The molecule has 0 amide bonds. The lowest BCUT2D eigenvalue weighted by molar-refractivity contribution is 0.752. The van der Waals surface area contributed by atoms with Crippen molar-refractivity contribution in [3.63, 3.8) is 0 Å². The third-order valence-electron chi connectivity index (χ3n) is 2.59. The molecule has 3 N–H and O–H groups in total. The zero-order valence-corrected chi connectivity index (χ0v) is 9.81. The molecule has 0 aliphatic heterocycles. The van der Waals surface area contributed by atoms with Gasteiger partial charge < -0.3 is 10.7 Å². The van der Waals surface area contributed by atoms with Gasteiger partial charge in [0.15, 0.2) is 0 Å². The second-order valence-corrected chi connectivity index (χ2v) is 3.99. The van der Waals surface area contributed by atoms with Gasteiger partial charge in [0, 0.05) is 18.3 Å². The Bertz CT molecular complexity index is 535. The minimum atomic E-state index is -0.134. The first-order chi connectivity index (χ1) is 8.20. The number of aromatic nitrogens is 3. The van der Waals surface area contributed by atoms with Gasteiger partial charge in [0.2, 0.25) is 5.56 Å². The van der Waals surface area contributed by atoms with Crippen molar-refractivity contribution in [1.29, 1.82) is 0 Å². The van der Waals surface area contributed by atoms with Crippen molar-refractivity contribution in [2.24, 2.45) is 0 Å². The number of nitrogens with two attached hydrogens (primary N) is 1. The van der Waals surface area contributed by atoms with Crippen molar-refractivity contribution < 1.29 is 0 Å². The maximum atomic E-state index is 11.0. The molecule has 5 nitrogen and oxygen atoms in total. The molecule has 0 spiro atoms. The largest absolute Gasteiger partial charge is 0.384 e. The van der Waals surface area contributed by atoms with Gasteiger partial charge in [-0.05, 0) is 18.9 Å². The summed E-state index contributed by atoms with van der Waals surface area (Å²) < 4.78 is 1.64. The maximum absolute atomic E-state index is 11.0. The zero-order valence-electron chi connectivity index (χ0n) is 9.81. The van der Waals surface area contributed by atoms with Crippen molar-refractivity contribution in [3.8, 4) is 5.69 Å². The predicted molar refractivity (Wildman–Crippen MR) is 67.2 cm³/mol. The van der Waals surface area contributed by atoms with Crippen LogP contribution in [0.4, 0.5) is 5.82 Å². The second-order valence-electron chi connectivity index (χ2n) is 3.99. The number of aryl methyl sites for hydroxylation is 1. The van der Waals surface area contributed by atoms with Gasteiger partial charge in [-0.1, -0.05) is 13.3 Å². The fraction of sp³-hybridized carbons (Fsp3) is 0.333. The number of rotatable bonds is 4. The molecule has 17 heavy (non-hydrogen) atoms. The SMILES string of the molecule is CCCCc1cc(N)n(-c2ccc(=O)[nH]c2)n1. The summed E-state index contributed by atoms with van der Waals surface area (Å²) in [6.07, 6.45) is 4.76. The minimum absolute atomic E-state index is 0.134. The number of hydrogen-bond donors (Lipinski definition) is 2. The van der Waals surface area contributed by atoms with Gasteiger partial charge >= 0.3 is 0 Å². The topological polar surface area (TPSA) is 76.7 Å². The van der Waals surface area contributed by atoms with Crippen LogP contribution in [0.2, 0.25) is 0 Å². The Hall–Kier alpha value is -2.04. The van der Waals surface area contributed by atoms with Gasteiger partial charge in [-0.3, -0.25) is 4.79 Å². The Labute approximate surface area is 99.3 Å². The summed E-state index contributed by atoms with van der Waals surface area (Å²) in [5.74, 6) is 0.586. The molecule has 0 aliphatic rings. The van der Waals surface area contributed by atoms with Gasteiger partial charge in [-0.15, -0.1) is 0 Å². The lowest BCUT2D eigenvalue weighted by atomic mass is 10.2. The van der Waals surface area contributed by atoms with Gasteiger partial charge in [0.1, 0.15) is 5.82 Å². The number of nitrogens with one attached hydrogen (secondary N) is 1. The Kier molecular flexibility index (Phi) is 3.27. The highest BCUT2D eigenvalue weighted by Gasteiger charge is 2.06. The van der Waals surface area contributed by atoms with Crippen molar-refractivity contribution in [2.75, 3.05) is 5.73 Å². The zero-order chi connectivity index (χ0) is 12.3. The highest BCUT2D eigenvalue weighted by molar-refractivity contribution is 5.41. The standard InChI is InChI=1S/C12H16N4O/c1-2-3-4-9-7-11(13)16(15-9)10-5-6-12(17)14-8-10/h5-8H,2-4,13H2,1H3,(H,14,17). The van der Waals surface area contributed by atoms with Gasteiger partial charge in [-0.25, -0.2) is 4.68 Å². The fourth-order valence-corrected chi connectivity index (χ4v) is 1.67. The number of hydrogen-bond acceptors (Lipinski definition) is 3. The fourth-order valence-electron chi connectivity index (χ4n) is 1.67. The van der Waals surface area contributed by atoms with Crippen LogP contribution in [0.15, 0.2) is 29.2 Å². The van der Waals surface area contributed by atoms with E-state index in [1.54, 1.807) is 16.9 Å². The van der Waals surface area contributed by atoms with E-state index in [-0.39, 0.29) is 5.56 Å². The van der Waals surface area contributed by atoms with Crippen LogP contribution in [0.25, 0.3) is 5.69 Å². The molecular weight excluding hydrogens is 216 g/mol. The summed E-state index contributed by atoms with van der Waals surface area (Å²) in [7, 11) is 0. The van der Waals surface area contributed by atoms with Gasteiger partial charge in [-0.2, -0.15) is 5.10 Å². The quantitative estimate of drug-likeness (QED) is 0.838. The van der Waals surface area contributed by atoms with E-state index < -0.39 is 0 Å². The molecule has 2 aromatic heterocycles. The molecule has 0 saturated heterocycles. The van der Waals surface area contributed by atoms with Crippen LogP contribution in [0.3, 0.4) is 0 Å². The van der Waals surface area contributed by atoms with E-state index in [1.807, 2.05) is 6.07 Å². The number of nitrogens with zero attached hydrogens (tertiary/aromatic N) is 2. The Morgan fingerprint density at radius 3 is 2.94 bits per heavy atom. The van der Waals surface area contributed by atoms with Gasteiger partial charge in [0.25, 0.3) is 0 Å². The molecule has 0 unspecified atom stereocenters. The van der Waals surface area contributed by atoms with Crippen LogP contribution in [0, 0.1) is 0 Å². The molecule has 2 aromatic rings. The van der Waals surface area contributed by atoms with Crippen LogP contribution in [-0.2, 0) is 6.42 Å². The molecule has 0 saturated carbocycles. The van der Waals surface area contributed by atoms with E-state index in [4.69, 9.17) is 5.73 Å². The van der Waals surface area contributed by atoms with Crippen molar-refractivity contribution in [1.82, 2.24) is 14.8 Å². The molecule has 2 rings (SSSR count). The van der Waals surface area contributed by atoms with Crippen LogP contribution in [-0.4, -0.2) is 14.8 Å². The third kappa shape index (κ3) is 2.55. The van der Waals surface area contributed by atoms with Crippen LogP contribution in [0.1, 0.15) is 25.5 Å². The summed E-state index contributed by atoms with van der Waals surface area (Å²) in [6.45, 7) is 2.14. The molecule has 0 fully saturated rings. The normalized spacial score (nSPS) is 10.6. The van der Waals surface area contributed by atoms with Crippen molar-refractivity contribution in [3.05, 3.63) is 40.4 Å². The Morgan fingerprint density at radius 2 is 2.29 bits per heavy atom. The van der Waals surface area contributed by atoms with E-state index in [0.29, 0.717) is 5.82 Å². The average Bonchev–Trinajstić information content (AvgIpc) is 2.69. The van der Waals surface area contributed by atoms with E-state index in [0.717, 1.165) is 30.6 Å². The van der Waals surface area contributed by atoms with Crippen LogP contribution < -0.4 is 11.3 Å². The summed E-state index contributed by atoms with van der Waals surface area (Å²) in [5, 5.41) is 4.42. The summed E-state index contributed by atoms with van der Waals surface area (Å²) in [5.41, 5.74) is 7.51. The maximum Gasteiger partial charge on any atom is 0.248 e. The smallest absolute Gasteiger partial charge is 0.248 e. The highest BCUT2D eigenvalue weighted by atomic mass is 16.1. The number of H-pyrrole nitrogens is 1. The first-order valence-electron chi connectivity index (χ1n) is 5.74. The number of aromatic amines is 1. The molecule has 0 radical (unpaired) electrons. The minimum Gasteiger partial charge on any atom is -0.384 e. The first-order valence-corrected chi connectivity index (χ1v) is 5.74. The lowest BCUT2D eigenvalue weighted by Crippen LogP contribution is -2.07. The number of anilines is 1. The van der Waals surface area contributed by atoms with E-state index >= 15 is 0 Å². The van der Waals surface area contributed by atoms with Gasteiger partial charge in [0.05, 0.1) is 11.4 Å².